The second kappa shape index (κ2) is 16.9. The van der Waals surface area contributed by atoms with Crippen LogP contribution in [0.2, 0.25) is 0 Å². The molecule has 0 aromatic heterocycles. The van der Waals surface area contributed by atoms with Crippen molar-refractivity contribution in [1.82, 2.24) is 4.90 Å². The average molecular weight is 293 g/mol. The van der Waals surface area contributed by atoms with Crippen molar-refractivity contribution < 1.29 is 5.11 Å². The van der Waals surface area contributed by atoms with E-state index in [1.165, 1.54) is 11.1 Å². The number of benzene rings is 1. The standard InChI is InChI=1S/C15H23NO.2C2H6/c1-14(7-6-12-17)10-11-16(2)13-15-8-4-3-5-9-15;2*1-2/h3-5,8-9,17H,1,6-7,10-13H2,2H3;2*1-2H3. The lowest BCUT2D eigenvalue weighted by Crippen LogP contribution is -2.19. The number of nitrogens with zero attached hydrogens (tertiary/aromatic N) is 1. The van der Waals surface area contributed by atoms with Crippen LogP contribution in [0.5, 0.6) is 0 Å². The Hall–Kier alpha value is -1.12. The Morgan fingerprint density at radius 1 is 1.05 bits per heavy atom. The fraction of sp³-hybridized carbons (Fsp3) is 0.579. The number of aliphatic hydroxyl groups excluding tert-OH is 1. The molecule has 0 atom stereocenters. The zero-order valence-electron chi connectivity index (χ0n) is 14.7. The third-order valence-corrected chi connectivity index (χ3v) is 2.83. The van der Waals surface area contributed by atoms with Gasteiger partial charge in [-0.2, -0.15) is 0 Å². The highest BCUT2D eigenvalue weighted by Gasteiger charge is 2.01. The summed E-state index contributed by atoms with van der Waals surface area (Å²) in [6, 6.07) is 10.5. The smallest absolute Gasteiger partial charge is 0.0434 e. The van der Waals surface area contributed by atoms with Crippen molar-refractivity contribution >= 4 is 0 Å². The first-order valence-electron chi connectivity index (χ1n) is 8.22. The van der Waals surface area contributed by atoms with Crippen LogP contribution in [-0.2, 0) is 6.54 Å². The van der Waals surface area contributed by atoms with Gasteiger partial charge in [0.2, 0.25) is 0 Å². The number of hydrogen-bond donors (Lipinski definition) is 1. The number of hydrogen-bond acceptors (Lipinski definition) is 2. The molecule has 0 aliphatic rings. The van der Waals surface area contributed by atoms with Gasteiger partial charge in [-0.3, -0.25) is 0 Å². The second-order valence-corrected chi connectivity index (χ2v) is 4.55. The predicted octanol–water partition coefficient (Wildman–Crippen LogP) is 4.89. The van der Waals surface area contributed by atoms with E-state index in [-0.39, 0.29) is 6.61 Å². The van der Waals surface area contributed by atoms with Gasteiger partial charge in [0.05, 0.1) is 0 Å². The van der Waals surface area contributed by atoms with Crippen molar-refractivity contribution in [3.8, 4) is 0 Å². The summed E-state index contributed by atoms with van der Waals surface area (Å²) < 4.78 is 0. The lowest BCUT2D eigenvalue weighted by molar-refractivity contribution is 0.286. The van der Waals surface area contributed by atoms with Crippen molar-refractivity contribution in [3.63, 3.8) is 0 Å². The minimum Gasteiger partial charge on any atom is -0.396 e. The van der Waals surface area contributed by atoms with Gasteiger partial charge in [0.15, 0.2) is 0 Å². The minimum atomic E-state index is 0.263. The lowest BCUT2D eigenvalue weighted by Gasteiger charge is -2.17. The average Bonchev–Trinajstić information content (AvgIpc) is 2.55. The van der Waals surface area contributed by atoms with Crippen LogP contribution in [0, 0.1) is 0 Å². The molecule has 0 saturated heterocycles. The van der Waals surface area contributed by atoms with Crippen LogP contribution in [0.15, 0.2) is 42.5 Å². The van der Waals surface area contributed by atoms with E-state index >= 15 is 0 Å². The van der Waals surface area contributed by atoms with Gasteiger partial charge >= 0.3 is 0 Å². The van der Waals surface area contributed by atoms with Gasteiger partial charge in [0.1, 0.15) is 0 Å². The summed E-state index contributed by atoms with van der Waals surface area (Å²) in [6.07, 6.45) is 2.79. The van der Waals surface area contributed by atoms with E-state index < -0.39 is 0 Å². The van der Waals surface area contributed by atoms with E-state index in [1.54, 1.807) is 0 Å². The van der Waals surface area contributed by atoms with Crippen molar-refractivity contribution in [2.24, 2.45) is 0 Å². The third kappa shape index (κ3) is 13.6. The van der Waals surface area contributed by atoms with E-state index in [1.807, 2.05) is 33.8 Å². The van der Waals surface area contributed by atoms with Crippen LogP contribution in [-0.4, -0.2) is 30.2 Å². The number of rotatable bonds is 8. The fourth-order valence-electron chi connectivity index (χ4n) is 1.78. The van der Waals surface area contributed by atoms with Gasteiger partial charge < -0.3 is 10.0 Å². The molecule has 2 heteroatoms. The maximum atomic E-state index is 8.74. The molecule has 0 spiro atoms. The number of aliphatic hydroxyl groups is 1. The first kappa shape index (κ1) is 22.2. The van der Waals surface area contributed by atoms with Crippen LogP contribution in [0.1, 0.15) is 52.5 Å². The topological polar surface area (TPSA) is 23.5 Å². The molecule has 1 aromatic rings. The van der Waals surface area contributed by atoms with Gasteiger partial charge in [-0.15, -0.1) is 0 Å². The molecule has 1 N–H and O–H groups in total. The first-order valence-corrected chi connectivity index (χ1v) is 8.22. The van der Waals surface area contributed by atoms with Gasteiger partial charge in [-0.1, -0.05) is 70.2 Å². The Labute approximate surface area is 132 Å². The molecule has 0 bridgehead atoms. The van der Waals surface area contributed by atoms with Crippen LogP contribution in [0.4, 0.5) is 0 Å². The van der Waals surface area contributed by atoms with Crippen molar-refractivity contribution in [1.29, 1.82) is 0 Å². The summed E-state index contributed by atoms with van der Waals surface area (Å²) in [7, 11) is 2.13. The summed E-state index contributed by atoms with van der Waals surface area (Å²) in [5.74, 6) is 0. The van der Waals surface area contributed by atoms with E-state index in [9.17, 15) is 0 Å². The quantitative estimate of drug-likeness (QED) is 0.690. The molecule has 21 heavy (non-hydrogen) atoms. The Balaban J connectivity index is 0. The van der Waals surface area contributed by atoms with Crippen LogP contribution < -0.4 is 0 Å². The molecule has 0 amide bonds. The van der Waals surface area contributed by atoms with E-state index in [4.69, 9.17) is 5.11 Å². The Kier molecular flexibility index (Phi) is 17.9. The molecule has 0 saturated carbocycles. The summed E-state index contributed by atoms with van der Waals surface area (Å²) in [5.41, 5.74) is 2.58. The molecule has 0 radical (unpaired) electrons. The molecular formula is C19H35NO. The normalized spacial score (nSPS) is 9.29. The largest absolute Gasteiger partial charge is 0.396 e. The van der Waals surface area contributed by atoms with Gasteiger partial charge in [0, 0.05) is 19.7 Å². The molecule has 122 valence electrons. The third-order valence-electron chi connectivity index (χ3n) is 2.83. The monoisotopic (exact) mass is 293 g/mol. The molecule has 2 nitrogen and oxygen atoms in total. The molecule has 1 rings (SSSR count). The highest BCUT2D eigenvalue weighted by Crippen LogP contribution is 2.09. The lowest BCUT2D eigenvalue weighted by atomic mass is 10.1. The summed E-state index contributed by atoms with van der Waals surface area (Å²) in [5, 5.41) is 8.74. The van der Waals surface area contributed by atoms with E-state index in [0.717, 1.165) is 32.4 Å². The predicted molar refractivity (Wildman–Crippen MR) is 95.5 cm³/mol. The van der Waals surface area contributed by atoms with Gasteiger partial charge in [0.25, 0.3) is 0 Å². The van der Waals surface area contributed by atoms with Crippen molar-refractivity contribution in [2.75, 3.05) is 20.2 Å². The Bertz CT molecular complexity index is 322. The van der Waals surface area contributed by atoms with Crippen LogP contribution >= 0.6 is 0 Å². The molecule has 1 aromatic carbocycles. The molecule has 0 aliphatic carbocycles. The second-order valence-electron chi connectivity index (χ2n) is 4.55. The highest BCUT2D eigenvalue weighted by molar-refractivity contribution is 5.14. The molecule has 0 unspecified atom stereocenters. The summed E-state index contributed by atoms with van der Waals surface area (Å²) in [6.45, 7) is 14.3. The van der Waals surface area contributed by atoms with Crippen LogP contribution in [0.25, 0.3) is 0 Å². The van der Waals surface area contributed by atoms with Gasteiger partial charge in [-0.25, -0.2) is 0 Å². The first-order chi connectivity index (χ1) is 10.2. The SMILES string of the molecule is C=C(CCCO)CCN(C)Cc1ccccc1.CC.CC. The minimum absolute atomic E-state index is 0.263. The van der Waals surface area contributed by atoms with E-state index in [2.05, 4.69) is 42.8 Å². The highest BCUT2D eigenvalue weighted by atomic mass is 16.2. The Morgan fingerprint density at radius 3 is 2.14 bits per heavy atom. The van der Waals surface area contributed by atoms with Gasteiger partial charge in [-0.05, 0) is 31.9 Å². The van der Waals surface area contributed by atoms with Crippen molar-refractivity contribution in [3.05, 3.63) is 48.0 Å². The maximum absolute atomic E-state index is 8.74. The summed E-state index contributed by atoms with van der Waals surface area (Å²) >= 11 is 0. The Morgan fingerprint density at radius 2 is 1.62 bits per heavy atom. The zero-order valence-corrected chi connectivity index (χ0v) is 14.7. The zero-order chi connectivity index (χ0) is 16.5. The molecular weight excluding hydrogens is 258 g/mol. The van der Waals surface area contributed by atoms with E-state index in [0.29, 0.717) is 0 Å². The molecule has 0 aliphatic heterocycles. The summed E-state index contributed by atoms with van der Waals surface area (Å²) in [4.78, 5) is 2.31. The maximum Gasteiger partial charge on any atom is 0.0434 e. The van der Waals surface area contributed by atoms with Crippen molar-refractivity contribution in [2.45, 2.75) is 53.5 Å². The van der Waals surface area contributed by atoms with Crippen LogP contribution in [0.3, 0.4) is 0 Å². The fourth-order valence-corrected chi connectivity index (χ4v) is 1.78. The molecule has 0 heterocycles. The molecule has 0 fully saturated rings.